The van der Waals surface area contributed by atoms with E-state index in [2.05, 4.69) is 184 Å². The number of thiazole rings is 2. The standard InChI is InChI=1S/C21H29N7.C18H17BrN6.C15H16BrN7.C14H17BrN8.2C14H15BrN6S/c1-27-14-16(12-23-27)18-13-24-28-20(25-17-7-3-2-4-8-17)10-19(26-21(18)28)15-6-5-9-22-11-15;19-15-16(13-2-1-7-22-9-13)24-18-14(10-23-25(18)17(15)21)12-5-3-11(8-20)4-6-12;16-12-13(9-2-1-3-18-6-9)22-15-10(7-21-23(15)14(12)17)11-8-19-4-5-20-11;1-21-6-8(4-18-21)10-5-19-23-12(17)11(15)14(20-13(10)23)22-3-2-9(16)7-22;15-11-12(8-2-1-3-17-4-8)20-14-9(10-6-22-7-18-10)5-19-21(14)13(11)16;15-11-12(8-2-1-3-17-4-8)20-14-9(10-6-18-7-22-10)5-19-21(14)13(11)16/h10,12-15,17,22,25H,2-9,11H2,1H3;3-6,10,13,22H,1-2,7,9,21H2;4-5,7-9,18H,1-3,6,17H2;4-6,9H,2-3,7,16-17H2,1H3;2*5-8,17H,1-4,16H2/t;;;9-;;/m...0../s1. The van der Waals surface area contributed by atoms with E-state index in [0.29, 0.717) is 81.6 Å². The third-order valence-electron chi connectivity index (χ3n) is 27.2. The van der Waals surface area contributed by atoms with E-state index < -0.39 is 0 Å². The fourth-order valence-corrected chi connectivity index (χ4v) is 23.6. The van der Waals surface area contributed by atoms with Gasteiger partial charge in [0, 0.05) is 172 Å². The van der Waals surface area contributed by atoms with E-state index in [1.54, 1.807) is 112 Å². The Morgan fingerprint density at radius 3 is 1.27 bits per heavy atom. The lowest BCUT2D eigenvalue weighted by atomic mass is 9.94. The van der Waals surface area contributed by atoms with Crippen molar-refractivity contribution in [1.29, 1.82) is 5.26 Å². The van der Waals surface area contributed by atoms with Gasteiger partial charge in [-0.2, -0.15) is 73.1 Å². The van der Waals surface area contributed by atoms with Crippen LogP contribution in [0.4, 0.5) is 40.7 Å². The molecule has 0 spiro atoms. The number of aryl methyl sites for hydroxylation is 2. The van der Waals surface area contributed by atoms with E-state index in [1.165, 1.54) is 50.6 Å². The SMILES string of the molecule is Cn1cc(-c2cnn3c(N)c(Br)c(N4CC[C@H](N)C4)nc23)cn1.Cn1cc(-c2cnn3c(NC4CCCCC4)cc(C4CCCNC4)nc23)cn1.N#Cc1ccc(-c2cnn3c(N)c(Br)c(C4CCCNC4)nc23)cc1.Nc1c(Br)c(C2CCCNC2)nc2c(-c3cnccn3)cnn12.Nc1c(Br)c(C2CCCNC2)nc2c(-c3cncs3)cnn12.Nc1c(Br)c(C2CCCNC2)nc2c(-c3cscn3)cnn12. The molecule has 6 atom stereocenters. The number of nitrogens with one attached hydrogen (secondary N) is 6. The van der Waals surface area contributed by atoms with Crippen molar-refractivity contribution in [2.75, 3.05) is 117 Å². The highest BCUT2D eigenvalue weighted by atomic mass is 79.9. The first-order valence-electron chi connectivity index (χ1n) is 48.1. The fraction of sp³-hybridized carbons (Fsp3) is 0.385. The van der Waals surface area contributed by atoms with Crippen molar-refractivity contribution < 1.29 is 0 Å². The number of hydrogen-bond donors (Lipinski definition) is 12. The number of benzene rings is 1. The number of piperidine rings is 5. The molecule has 25 rings (SSSR count). The van der Waals surface area contributed by atoms with Crippen molar-refractivity contribution in [3.05, 3.63) is 190 Å². The Hall–Kier alpha value is -12.1. The molecule has 7 aliphatic rings. The topological polar surface area (TPSA) is 524 Å². The van der Waals surface area contributed by atoms with E-state index in [1.807, 2.05) is 89.0 Å². The largest absolute Gasteiger partial charge is 0.383 e. The maximum atomic E-state index is 8.97. The van der Waals surface area contributed by atoms with Gasteiger partial charge in [0.1, 0.15) is 45.2 Å². The molecule has 0 radical (unpaired) electrons. The maximum absolute atomic E-state index is 8.97. The van der Waals surface area contributed by atoms with Gasteiger partial charge < -0.3 is 71.2 Å². The molecule has 23 heterocycles. The third kappa shape index (κ3) is 20.9. The van der Waals surface area contributed by atoms with E-state index in [4.69, 9.17) is 74.7 Å². The lowest BCUT2D eigenvalue weighted by Gasteiger charge is -2.26. The molecule has 6 saturated heterocycles. The number of anilines is 7. The van der Waals surface area contributed by atoms with Crippen molar-refractivity contribution in [1.82, 2.24) is 154 Å². The number of halogens is 5. The highest BCUT2D eigenvalue weighted by Crippen LogP contribution is 2.43. The average Bonchev–Trinajstić information content (AvgIpc) is 1.74. The summed E-state index contributed by atoms with van der Waals surface area (Å²) in [4.78, 5) is 49.6. The second kappa shape index (κ2) is 44.3. The summed E-state index contributed by atoms with van der Waals surface area (Å²) in [5.41, 5.74) is 61.7. The minimum absolute atomic E-state index is 0.170. The molecule has 0 amide bonds. The van der Waals surface area contributed by atoms with Gasteiger partial charge in [-0.25, -0.2) is 34.9 Å². The summed E-state index contributed by atoms with van der Waals surface area (Å²) in [5, 5.41) is 67.1. The molecule has 740 valence electrons. The van der Waals surface area contributed by atoms with Crippen LogP contribution in [-0.4, -0.2) is 218 Å². The Balaban J connectivity index is 0.000000105. The van der Waals surface area contributed by atoms with Gasteiger partial charge in [0.2, 0.25) is 0 Å². The summed E-state index contributed by atoms with van der Waals surface area (Å²) in [6.07, 6.45) is 44.1. The first-order chi connectivity index (χ1) is 69.8. The zero-order chi connectivity index (χ0) is 98.5. The summed E-state index contributed by atoms with van der Waals surface area (Å²) in [7, 11) is 3.82. The number of nitriles is 1. The molecule has 18 aromatic rings. The van der Waals surface area contributed by atoms with Crippen LogP contribution in [0.25, 0.3) is 100 Å². The molecule has 47 heteroatoms. The molecule has 1 aliphatic carbocycles. The fourth-order valence-electron chi connectivity index (χ4n) is 19.6. The molecule has 40 nitrogen and oxygen atoms in total. The number of nitrogens with two attached hydrogens (primary N) is 6. The van der Waals surface area contributed by atoms with Gasteiger partial charge in [-0.05, 0) is 214 Å². The Morgan fingerprint density at radius 2 is 0.846 bits per heavy atom. The van der Waals surface area contributed by atoms with Gasteiger partial charge in [-0.1, -0.05) is 31.4 Å². The summed E-state index contributed by atoms with van der Waals surface area (Å²) < 4.78 is 18.0. The molecule has 143 heavy (non-hydrogen) atoms. The molecule has 7 fully saturated rings. The first kappa shape index (κ1) is 98.3. The quantitative estimate of drug-likeness (QED) is 0.0481. The summed E-state index contributed by atoms with van der Waals surface area (Å²) >= 11 is 21.1. The highest BCUT2D eigenvalue weighted by molar-refractivity contribution is 9.11. The molecular weight excluding hydrogens is 2180 g/mol. The van der Waals surface area contributed by atoms with Crippen LogP contribution in [0.5, 0.6) is 0 Å². The Bertz CT molecular complexity index is 7390. The Labute approximate surface area is 872 Å². The molecule has 6 aliphatic heterocycles. The monoisotopic (exact) mass is 2280 g/mol. The molecule has 18 N–H and O–H groups in total. The number of nitrogens with zero attached hydrogens (tertiary/aromatic N) is 28. The van der Waals surface area contributed by atoms with Gasteiger partial charge in [0.15, 0.2) is 33.9 Å². The molecule has 1 aromatic carbocycles. The Morgan fingerprint density at radius 1 is 0.413 bits per heavy atom. The van der Waals surface area contributed by atoms with E-state index in [-0.39, 0.29) is 6.04 Å². The normalized spacial score (nSPS) is 18.9. The third-order valence-corrected chi connectivity index (χ3v) is 32.6. The maximum Gasteiger partial charge on any atom is 0.167 e. The molecule has 0 bridgehead atoms. The number of fused-ring (bicyclic) bond motifs is 6. The van der Waals surface area contributed by atoms with E-state index in [0.717, 1.165) is 282 Å². The zero-order valence-electron chi connectivity index (χ0n) is 78.7. The number of nitrogen functional groups attached to an aromatic ring is 5. The van der Waals surface area contributed by atoms with Gasteiger partial charge in [-0.3, -0.25) is 24.3 Å². The summed E-state index contributed by atoms with van der Waals surface area (Å²) in [6.45, 7) is 11.7. The van der Waals surface area contributed by atoms with Crippen molar-refractivity contribution in [2.45, 2.75) is 144 Å². The van der Waals surface area contributed by atoms with Gasteiger partial charge >= 0.3 is 0 Å². The second-order valence-electron chi connectivity index (χ2n) is 36.8. The van der Waals surface area contributed by atoms with Gasteiger partial charge in [0.05, 0.1) is 158 Å². The van der Waals surface area contributed by atoms with E-state index >= 15 is 0 Å². The molecule has 1 saturated carbocycles. The average molecular weight is 2290 g/mol. The van der Waals surface area contributed by atoms with Crippen LogP contribution in [-0.2, 0) is 14.1 Å². The van der Waals surface area contributed by atoms with Crippen molar-refractivity contribution in [3.8, 4) is 72.4 Å². The van der Waals surface area contributed by atoms with Crippen molar-refractivity contribution in [2.24, 2.45) is 19.8 Å². The highest BCUT2D eigenvalue weighted by Gasteiger charge is 2.33. The minimum Gasteiger partial charge on any atom is -0.383 e. The predicted molar refractivity (Wildman–Crippen MR) is 576 cm³/mol. The van der Waals surface area contributed by atoms with Crippen LogP contribution in [0, 0.1) is 11.3 Å². The second-order valence-corrected chi connectivity index (χ2v) is 42.3. The van der Waals surface area contributed by atoms with Crippen LogP contribution in [0.1, 0.15) is 166 Å². The van der Waals surface area contributed by atoms with E-state index in [9.17, 15) is 0 Å². The molecule has 17 aromatic heterocycles. The molecule has 5 unspecified atom stereocenters. The van der Waals surface area contributed by atoms with Crippen LogP contribution in [0.3, 0.4) is 0 Å². The predicted octanol–water partition coefficient (Wildman–Crippen LogP) is 14.8. The van der Waals surface area contributed by atoms with Crippen LogP contribution in [0.2, 0.25) is 0 Å². The smallest absolute Gasteiger partial charge is 0.167 e. The van der Waals surface area contributed by atoms with Crippen LogP contribution in [0.15, 0.2) is 156 Å². The lowest BCUT2D eigenvalue weighted by Crippen LogP contribution is -2.29. The summed E-state index contributed by atoms with van der Waals surface area (Å²) in [5.74, 6) is 6.61. The van der Waals surface area contributed by atoms with Crippen molar-refractivity contribution >= 4 is 177 Å². The zero-order valence-corrected chi connectivity index (χ0v) is 88.3. The number of rotatable bonds is 14. The Kier molecular flexibility index (Phi) is 30.4. The van der Waals surface area contributed by atoms with Crippen molar-refractivity contribution in [3.63, 3.8) is 0 Å². The number of aromatic nitrogens is 26. The number of hydrogen-bond acceptors (Lipinski definition) is 34. The van der Waals surface area contributed by atoms with Gasteiger partial charge in [-0.15, -0.1) is 22.7 Å². The minimum atomic E-state index is 0.170. The van der Waals surface area contributed by atoms with Gasteiger partial charge in [0.25, 0.3) is 0 Å². The van der Waals surface area contributed by atoms with Crippen LogP contribution < -0.4 is 71.2 Å². The summed E-state index contributed by atoms with van der Waals surface area (Å²) in [6, 6.07) is 12.5. The first-order valence-corrected chi connectivity index (χ1v) is 53.9. The molecular formula is C96H109Br5N40S2. The van der Waals surface area contributed by atoms with Crippen LogP contribution >= 0.6 is 102 Å². The lowest BCUT2D eigenvalue weighted by molar-refractivity contribution is 0.453.